The SMILES string of the molecule is CCN(CC)C(=O)C(C)C(C)N. The van der Waals surface area contributed by atoms with Crippen LogP contribution in [0.25, 0.3) is 0 Å². The van der Waals surface area contributed by atoms with Gasteiger partial charge in [0.1, 0.15) is 0 Å². The molecule has 72 valence electrons. The van der Waals surface area contributed by atoms with Crippen LogP contribution in [0.4, 0.5) is 0 Å². The van der Waals surface area contributed by atoms with Crippen LogP contribution >= 0.6 is 0 Å². The molecule has 12 heavy (non-hydrogen) atoms. The van der Waals surface area contributed by atoms with E-state index < -0.39 is 0 Å². The largest absolute Gasteiger partial charge is 0.343 e. The number of hydrogen-bond acceptors (Lipinski definition) is 2. The summed E-state index contributed by atoms with van der Waals surface area (Å²) >= 11 is 0. The Morgan fingerprint density at radius 2 is 1.75 bits per heavy atom. The fourth-order valence-electron chi connectivity index (χ4n) is 1.05. The van der Waals surface area contributed by atoms with E-state index in [4.69, 9.17) is 5.73 Å². The van der Waals surface area contributed by atoms with E-state index in [2.05, 4.69) is 0 Å². The Morgan fingerprint density at radius 3 is 2.00 bits per heavy atom. The number of nitrogens with two attached hydrogens (primary N) is 1. The van der Waals surface area contributed by atoms with Crippen molar-refractivity contribution in [3.8, 4) is 0 Å². The van der Waals surface area contributed by atoms with Gasteiger partial charge in [-0.05, 0) is 20.8 Å². The summed E-state index contributed by atoms with van der Waals surface area (Å²) in [6, 6.07) is -0.0573. The molecular weight excluding hydrogens is 152 g/mol. The molecule has 0 aromatic rings. The predicted octanol–water partition coefficient (Wildman–Crippen LogP) is 0.838. The highest BCUT2D eigenvalue weighted by atomic mass is 16.2. The zero-order valence-corrected chi connectivity index (χ0v) is 8.50. The first-order valence-electron chi connectivity index (χ1n) is 4.58. The van der Waals surface area contributed by atoms with Gasteiger partial charge in [-0.2, -0.15) is 0 Å². The topological polar surface area (TPSA) is 46.3 Å². The zero-order valence-electron chi connectivity index (χ0n) is 8.50. The van der Waals surface area contributed by atoms with Crippen LogP contribution in [0.5, 0.6) is 0 Å². The van der Waals surface area contributed by atoms with Gasteiger partial charge >= 0.3 is 0 Å². The highest BCUT2D eigenvalue weighted by Gasteiger charge is 2.20. The molecule has 0 fully saturated rings. The van der Waals surface area contributed by atoms with Crippen LogP contribution in [-0.4, -0.2) is 29.9 Å². The molecule has 3 heteroatoms. The number of carbonyl (C=O) groups is 1. The molecule has 2 atom stereocenters. The summed E-state index contributed by atoms with van der Waals surface area (Å²) in [6.07, 6.45) is 0. The third kappa shape index (κ3) is 2.81. The maximum Gasteiger partial charge on any atom is 0.226 e. The molecule has 0 radical (unpaired) electrons. The molecule has 1 amide bonds. The van der Waals surface area contributed by atoms with Crippen LogP contribution in [0.2, 0.25) is 0 Å². The van der Waals surface area contributed by atoms with Crippen LogP contribution in [0, 0.1) is 5.92 Å². The second-order valence-corrected chi connectivity index (χ2v) is 3.16. The smallest absolute Gasteiger partial charge is 0.226 e. The summed E-state index contributed by atoms with van der Waals surface area (Å²) < 4.78 is 0. The van der Waals surface area contributed by atoms with Gasteiger partial charge < -0.3 is 10.6 Å². The third-order valence-corrected chi connectivity index (χ3v) is 2.25. The molecule has 2 unspecified atom stereocenters. The van der Waals surface area contributed by atoms with Gasteiger partial charge in [0.15, 0.2) is 0 Å². The van der Waals surface area contributed by atoms with Gasteiger partial charge in [0.25, 0.3) is 0 Å². The van der Waals surface area contributed by atoms with Crippen LogP contribution in [-0.2, 0) is 4.79 Å². The maximum atomic E-state index is 11.6. The highest BCUT2D eigenvalue weighted by Crippen LogP contribution is 2.05. The summed E-state index contributed by atoms with van der Waals surface area (Å²) in [6.45, 7) is 9.25. The van der Waals surface area contributed by atoms with E-state index in [0.717, 1.165) is 13.1 Å². The van der Waals surface area contributed by atoms with Gasteiger partial charge in [0.2, 0.25) is 5.91 Å². The van der Waals surface area contributed by atoms with E-state index in [1.807, 2.05) is 32.6 Å². The van der Waals surface area contributed by atoms with Crippen LogP contribution in [0.3, 0.4) is 0 Å². The third-order valence-electron chi connectivity index (χ3n) is 2.25. The fraction of sp³-hybridized carbons (Fsp3) is 0.889. The number of carbonyl (C=O) groups excluding carboxylic acids is 1. The van der Waals surface area contributed by atoms with Gasteiger partial charge in [0, 0.05) is 19.1 Å². The van der Waals surface area contributed by atoms with Crippen molar-refractivity contribution in [1.82, 2.24) is 4.90 Å². The van der Waals surface area contributed by atoms with E-state index in [0.29, 0.717) is 0 Å². The molecule has 0 aliphatic carbocycles. The van der Waals surface area contributed by atoms with Gasteiger partial charge in [-0.25, -0.2) is 0 Å². The molecule has 0 rings (SSSR count). The molecule has 3 nitrogen and oxygen atoms in total. The minimum Gasteiger partial charge on any atom is -0.343 e. The van der Waals surface area contributed by atoms with Gasteiger partial charge in [-0.1, -0.05) is 6.92 Å². The highest BCUT2D eigenvalue weighted by molar-refractivity contribution is 5.79. The molecule has 0 saturated heterocycles. The number of nitrogens with zero attached hydrogens (tertiary/aromatic N) is 1. The Bertz CT molecular complexity index is 137. The summed E-state index contributed by atoms with van der Waals surface area (Å²) in [4.78, 5) is 13.4. The molecular formula is C9H20N2O. The zero-order chi connectivity index (χ0) is 9.72. The van der Waals surface area contributed by atoms with E-state index >= 15 is 0 Å². The molecule has 0 aliphatic rings. The van der Waals surface area contributed by atoms with Crippen molar-refractivity contribution in [3.63, 3.8) is 0 Å². The number of rotatable bonds is 4. The van der Waals surface area contributed by atoms with Gasteiger partial charge in [-0.3, -0.25) is 4.79 Å². The standard InChI is InChI=1S/C9H20N2O/c1-5-11(6-2)9(12)7(3)8(4)10/h7-8H,5-6,10H2,1-4H3. The molecule has 0 heterocycles. The first-order chi connectivity index (χ1) is 5.54. The fourth-order valence-corrected chi connectivity index (χ4v) is 1.05. The van der Waals surface area contributed by atoms with Crippen molar-refractivity contribution < 1.29 is 4.79 Å². The quantitative estimate of drug-likeness (QED) is 0.683. The van der Waals surface area contributed by atoms with Crippen LogP contribution in [0.1, 0.15) is 27.7 Å². The van der Waals surface area contributed by atoms with Crippen molar-refractivity contribution in [2.45, 2.75) is 33.7 Å². The molecule has 0 aromatic carbocycles. The number of amides is 1. The van der Waals surface area contributed by atoms with E-state index in [-0.39, 0.29) is 17.9 Å². The molecule has 0 aromatic heterocycles. The van der Waals surface area contributed by atoms with Crippen molar-refractivity contribution >= 4 is 5.91 Å². The summed E-state index contributed by atoms with van der Waals surface area (Å²) in [7, 11) is 0. The van der Waals surface area contributed by atoms with Crippen LogP contribution < -0.4 is 5.73 Å². The Kier molecular flexibility index (Phi) is 4.90. The molecule has 0 saturated carbocycles. The molecule has 2 N–H and O–H groups in total. The van der Waals surface area contributed by atoms with Gasteiger partial charge in [-0.15, -0.1) is 0 Å². The van der Waals surface area contributed by atoms with Crippen molar-refractivity contribution in [2.24, 2.45) is 11.7 Å². The van der Waals surface area contributed by atoms with E-state index in [9.17, 15) is 4.79 Å². The summed E-state index contributed by atoms with van der Waals surface area (Å²) in [5.74, 6) is 0.0971. The van der Waals surface area contributed by atoms with Crippen molar-refractivity contribution in [3.05, 3.63) is 0 Å². The first kappa shape index (κ1) is 11.4. The lowest BCUT2D eigenvalue weighted by atomic mass is 10.0. The predicted molar refractivity (Wildman–Crippen MR) is 50.7 cm³/mol. The summed E-state index contributed by atoms with van der Waals surface area (Å²) in [5, 5.41) is 0. The number of hydrogen-bond donors (Lipinski definition) is 1. The minimum absolute atomic E-state index is 0.0573. The van der Waals surface area contributed by atoms with Crippen molar-refractivity contribution in [1.29, 1.82) is 0 Å². The average Bonchev–Trinajstić information content (AvgIpc) is 2.05. The van der Waals surface area contributed by atoms with E-state index in [1.54, 1.807) is 0 Å². The van der Waals surface area contributed by atoms with Crippen LogP contribution in [0.15, 0.2) is 0 Å². The Morgan fingerprint density at radius 1 is 1.33 bits per heavy atom. The second-order valence-electron chi connectivity index (χ2n) is 3.16. The Labute approximate surface area is 74.9 Å². The molecule has 0 bridgehead atoms. The Hall–Kier alpha value is -0.570. The van der Waals surface area contributed by atoms with Gasteiger partial charge in [0.05, 0.1) is 5.92 Å². The molecule has 0 spiro atoms. The van der Waals surface area contributed by atoms with Crippen molar-refractivity contribution in [2.75, 3.05) is 13.1 Å². The summed E-state index contributed by atoms with van der Waals surface area (Å²) in [5.41, 5.74) is 5.64. The lowest BCUT2D eigenvalue weighted by Crippen LogP contribution is -2.41. The monoisotopic (exact) mass is 172 g/mol. The lowest BCUT2D eigenvalue weighted by Gasteiger charge is -2.24. The Balaban J connectivity index is 4.16. The average molecular weight is 172 g/mol. The minimum atomic E-state index is -0.0649. The molecule has 0 aliphatic heterocycles. The maximum absolute atomic E-state index is 11.6. The first-order valence-corrected chi connectivity index (χ1v) is 4.58. The second kappa shape index (κ2) is 5.14. The normalized spacial score (nSPS) is 15.4. The van der Waals surface area contributed by atoms with E-state index in [1.165, 1.54) is 0 Å². The lowest BCUT2D eigenvalue weighted by molar-refractivity contribution is -0.135.